The molecule has 2 aliphatic rings. The number of rotatable bonds is 4. The lowest BCUT2D eigenvalue weighted by molar-refractivity contribution is 0.0284. The van der Waals surface area contributed by atoms with Crippen molar-refractivity contribution in [2.45, 2.75) is 90.3 Å². The van der Waals surface area contributed by atoms with Crippen molar-refractivity contribution in [2.75, 3.05) is 13.1 Å². The number of hydrogen-bond acceptors (Lipinski definition) is 2. The van der Waals surface area contributed by atoms with E-state index in [2.05, 4.69) is 37.9 Å². The van der Waals surface area contributed by atoms with Crippen LogP contribution in [0.3, 0.4) is 0 Å². The molecule has 1 heterocycles. The maximum absolute atomic E-state index is 3.64. The molecule has 1 aliphatic carbocycles. The lowest BCUT2D eigenvalue weighted by Crippen LogP contribution is -2.51. The second-order valence-electron chi connectivity index (χ2n) is 7.81. The first-order chi connectivity index (χ1) is 8.97. The van der Waals surface area contributed by atoms with Crippen molar-refractivity contribution in [1.29, 1.82) is 0 Å². The fourth-order valence-corrected chi connectivity index (χ4v) is 4.03. The molecule has 3 unspecified atom stereocenters. The fraction of sp³-hybridized carbons (Fsp3) is 1.00. The summed E-state index contributed by atoms with van der Waals surface area (Å²) in [6, 6.07) is 1.66. The summed E-state index contributed by atoms with van der Waals surface area (Å²) in [6.07, 6.45) is 10.1. The fourth-order valence-electron chi connectivity index (χ4n) is 4.03. The van der Waals surface area contributed by atoms with Crippen molar-refractivity contribution >= 4 is 0 Å². The molecular weight excluding hydrogens is 232 g/mol. The maximum atomic E-state index is 3.64. The van der Waals surface area contributed by atoms with Crippen molar-refractivity contribution in [3.05, 3.63) is 0 Å². The number of nitrogens with zero attached hydrogens (tertiary/aromatic N) is 1. The van der Waals surface area contributed by atoms with E-state index in [4.69, 9.17) is 0 Å². The van der Waals surface area contributed by atoms with E-state index in [-0.39, 0.29) is 5.54 Å². The van der Waals surface area contributed by atoms with E-state index in [9.17, 15) is 0 Å². The lowest BCUT2D eigenvalue weighted by Gasteiger charge is -2.47. The van der Waals surface area contributed by atoms with Gasteiger partial charge in [0.05, 0.1) is 0 Å². The molecule has 19 heavy (non-hydrogen) atoms. The molecule has 2 nitrogen and oxygen atoms in total. The summed E-state index contributed by atoms with van der Waals surface area (Å²) in [5.74, 6) is 1.01. The van der Waals surface area contributed by atoms with Crippen molar-refractivity contribution in [3.63, 3.8) is 0 Å². The Hall–Kier alpha value is -0.0800. The molecule has 0 bridgehead atoms. The molecule has 0 amide bonds. The summed E-state index contributed by atoms with van der Waals surface area (Å²) >= 11 is 0. The molecule has 0 aromatic heterocycles. The first kappa shape index (κ1) is 15.3. The molecule has 2 rings (SSSR count). The molecule has 0 aromatic rings. The van der Waals surface area contributed by atoms with Crippen molar-refractivity contribution in [2.24, 2.45) is 5.92 Å². The Balaban J connectivity index is 1.81. The van der Waals surface area contributed by atoms with Gasteiger partial charge in [0, 0.05) is 17.6 Å². The third-order valence-electron chi connectivity index (χ3n) is 5.07. The molecule has 1 N–H and O–H groups in total. The minimum absolute atomic E-state index is 0.259. The van der Waals surface area contributed by atoms with Crippen LogP contribution in [0.4, 0.5) is 0 Å². The topological polar surface area (TPSA) is 15.3 Å². The minimum Gasteiger partial charge on any atom is -0.312 e. The van der Waals surface area contributed by atoms with Gasteiger partial charge in [0.25, 0.3) is 0 Å². The third kappa shape index (κ3) is 4.46. The van der Waals surface area contributed by atoms with E-state index in [0.717, 1.165) is 24.5 Å². The molecule has 0 aromatic carbocycles. The van der Waals surface area contributed by atoms with E-state index in [0.29, 0.717) is 0 Å². The number of nitrogens with one attached hydrogen (secondary N) is 1. The van der Waals surface area contributed by atoms with Crippen LogP contribution < -0.4 is 5.32 Å². The maximum Gasteiger partial charge on any atom is 0.0126 e. The summed E-state index contributed by atoms with van der Waals surface area (Å²) in [7, 11) is 0. The number of fused-ring (bicyclic) bond motifs is 1. The van der Waals surface area contributed by atoms with Crippen LogP contribution in [0.25, 0.3) is 0 Å². The van der Waals surface area contributed by atoms with Gasteiger partial charge in [-0.2, -0.15) is 0 Å². The van der Waals surface area contributed by atoms with Crippen LogP contribution >= 0.6 is 0 Å². The highest BCUT2D eigenvalue weighted by Crippen LogP contribution is 2.36. The van der Waals surface area contributed by atoms with Crippen LogP contribution in [-0.4, -0.2) is 35.6 Å². The van der Waals surface area contributed by atoms with E-state index in [1.165, 1.54) is 51.5 Å². The summed E-state index contributed by atoms with van der Waals surface area (Å²) in [4.78, 5) is 2.84. The first-order valence-corrected chi connectivity index (χ1v) is 8.48. The van der Waals surface area contributed by atoms with E-state index < -0.39 is 0 Å². The number of hydrogen-bond donors (Lipinski definition) is 1. The van der Waals surface area contributed by atoms with Gasteiger partial charge < -0.3 is 5.32 Å². The molecule has 0 spiro atoms. The van der Waals surface area contributed by atoms with E-state index >= 15 is 0 Å². The number of piperidine rings is 1. The van der Waals surface area contributed by atoms with E-state index in [1.54, 1.807) is 0 Å². The Morgan fingerprint density at radius 3 is 2.53 bits per heavy atom. The van der Waals surface area contributed by atoms with Crippen molar-refractivity contribution in [3.8, 4) is 0 Å². The highest BCUT2D eigenvalue weighted by molar-refractivity contribution is 4.89. The highest BCUT2D eigenvalue weighted by atomic mass is 15.2. The summed E-state index contributed by atoms with van der Waals surface area (Å²) in [5.41, 5.74) is 0.259. The van der Waals surface area contributed by atoms with Crippen molar-refractivity contribution in [1.82, 2.24) is 10.2 Å². The molecule has 2 heteroatoms. The molecule has 0 radical (unpaired) electrons. The van der Waals surface area contributed by atoms with Gasteiger partial charge in [-0.25, -0.2) is 0 Å². The van der Waals surface area contributed by atoms with Gasteiger partial charge in [0.2, 0.25) is 0 Å². The molecule has 2 fully saturated rings. The minimum atomic E-state index is 0.259. The quantitative estimate of drug-likeness (QED) is 0.832. The zero-order valence-electron chi connectivity index (χ0n) is 13.5. The van der Waals surface area contributed by atoms with Crippen molar-refractivity contribution < 1.29 is 0 Å². The van der Waals surface area contributed by atoms with Crippen LogP contribution in [0.2, 0.25) is 0 Å². The van der Waals surface area contributed by atoms with Gasteiger partial charge >= 0.3 is 0 Å². The molecule has 3 atom stereocenters. The van der Waals surface area contributed by atoms with Crippen LogP contribution in [-0.2, 0) is 0 Å². The Morgan fingerprint density at radius 1 is 1.11 bits per heavy atom. The van der Waals surface area contributed by atoms with Gasteiger partial charge in [-0.05, 0) is 78.8 Å². The summed E-state index contributed by atoms with van der Waals surface area (Å²) in [6.45, 7) is 11.7. The normalized spacial score (nSPS) is 30.9. The molecule has 112 valence electrons. The first-order valence-electron chi connectivity index (χ1n) is 8.48. The highest BCUT2D eigenvalue weighted by Gasteiger charge is 2.35. The molecule has 1 saturated carbocycles. The van der Waals surface area contributed by atoms with Crippen LogP contribution in [0.1, 0.15) is 72.6 Å². The smallest absolute Gasteiger partial charge is 0.0126 e. The standard InChI is InChI=1S/C17H34N2/c1-14(11-12-18-17(2,3)4)19-13-7-9-15-8-5-6-10-16(15)19/h14-16,18H,5-13H2,1-4H3. The van der Waals surface area contributed by atoms with Gasteiger partial charge in [0.1, 0.15) is 0 Å². The Bertz CT molecular complexity index is 267. The van der Waals surface area contributed by atoms with Crippen LogP contribution in [0.5, 0.6) is 0 Å². The lowest BCUT2D eigenvalue weighted by atomic mass is 9.77. The summed E-state index contributed by atoms with van der Waals surface area (Å²) in [5, 5.41) is 3.64. The molecular formula is C17H34N2. The Morgan fingerprint density at radius 2 is 1.79 bits per heavy atom. The van der Waals surface area contributed by atoms with Gasteiger partial charge in [-0.1, -0.05) is 12.8 Å². The molecule has 1 aliphatic heterocycles. The van der Waals surface area contributed by atoms with Gasteiger partial charge in [-0.15, -0.1) is 0 Å². The monoisotopic (exact) mass is 266 g/mol. The number of likely N-dealkylation sites (tertiary alicyclic amines) is 1. The zero-order valence-corrected chi connectivity index (χ0v) is 13.5. The predicted molar refractivity (Wildman–Crippen MR) is 83.5 cm³/mol. The Labute approximate surface area is 120 Å². The third-order valence-corrected chi connectivity index (χ3v) is 5.07. The second-order valence-corrected chi connectivity index (χ2v) is 7.81. The molecule has 1 saturated heterocycles. The largest absolute Gasteiger partial charge is 0.312 e. The van der Waals surface area contributed by atoms with Gasteiger partial charge in [0.15, 0.2) is 0 Å². The van der Waals surface area contributed by atoms with Gasteiger partial charge in [-0.3, -0.25) is 4.90 Å². The predicted octanol–water partition coefficient (Wildman–Crippen LogP) is 3.81. The SMILES string of the molecule is CC(CCNC(C)(C)C)N1CCCC2CCCCC21. The van der Waals surface area contributed by atoms with Crippen LogP contribution in [0, 0.1) is 5.92 Å². The Kier molecular flexibility index (Phi) is 5.30. The average molecular weight is 266 g/mol. The van der Waals surface area contributed by atoms with E-state index in [1.807, 2.05) is 0 Å². The van der Waals surface area contributed by atoms with Crippen LogP contribution in [0.15, 0.2) is 0 Å². The average Bonchev–Trinajstić information content (AvgIpc) is 2.36. The zero-order chi connectivity index (χ0) is 13.9. The second kappa shape index (κ2) is 6.58. The summed E-state index contributed by atoms with van der Waals surface area (Å²) < 4.78 is 0.